The lowest BCUT2D eigenvalue weighted by Gasteiger charge is -2.08. The van der Waals surface area contributed by atoms with Gasteiger partial charge in [-0.25, -0.2) is 8.78 Å². The predicted molar refractivity (Wildman–Crippen MR) is 54.2 cm³/mol. The van der Waals surface area contributed by atoms with Gasteiger partial charge in [-0.15, -0.1) is 0 Å². The monoisotopic (exact) mass is 279 g/mol. The number of hydrogen-bond donors (Lipinski definition) is 1. The maximum absolute atomic E-state index is 13.4. The zero-order chi connectivity index (χ0) is 11.4. The fraction of sp³-hybridized carbons (Fsp3) is 0.222. The van der Waals surface area contributed by atoms with Crippen LogP contribution in [0.25, 0.3) is 0 Å². The van der Waals surface area contributed by atoms with Gasteiger partial charge in [-0.3, -0.25) is 4.79 Å². The largest absolute Gasteiger partial charge is 0.490 e. The van der Waals surface area contributed by atoms with E-state index in [-0.39, 0.29) is 12.4 Å². The third kappa shape index (κ3) is 2.65. The summed E-state index contributed by atoms with van der Waals surface area (Å²) in [6.07, 6.45) is 0. The van der Waals surface area contributed by atoms with Gasteiger partial charge < -0.3 is 10.5 Å². The molecule has 0 fully saturated rings. The Morgan fingerprint density at radius 3 is 2.67 bits per heavy atom. The Hall–Kier alpha value is -1.17. The van der Waals surface area contributed by atoms with Gasteiger partial charge in [-0.2, -0.15) is 0 Å². The molecule has 0 spiro atoms. The van der Waals surface area contributed by atoms with Gasteiger partial charge in [0.15, 0.2) is 11.6 Å². The Bertz CT molecular complexity index is 385. The molecule has 0 aliphatic heterocycles. The van der Waals surface area contributed by atoms with Crippen LogP contribution in [0, 0.1) is 11.6 Å². The van der Waals surface area contributed by atoms with E-state index in [2.05, 4.69) is 15.9 Å². The van der Waals surface area contributed by atoms with Crippen LogP contribution >= 0.6 is 15.9 Å². The van der Waals surface area contributed by atoms with E-state index in [1.165, 1.54) is 0 Å². The van der Waals surface area contributed by atoms with Crippen LogP contribution in [0.5, 0.6) is 5.75 Å². The van der Waals surface area contributed by atoms with E-state index in [9.17, 15) is 13.6 Å². The molecule has 3 nitrogen and oxygen atoms in total. The lowest BCUT2D eigenvalue weighted by Crippen LogP contribution is -2.16. The Morgan fingerprint density at radius 1 is 1.47 bits per heavy atom. The van der Waals surface area contributed by atoms with E-state index in [0.717, 1.165) is 12.1 Å². The fourth-order valence-electron chi connectivity index (χ4n) is 1.02. The second-order valence-corrected chi connectivity index (χ2v) is 3.43. The van der Waals surface area contributed by atoms with Crippen LogP contribution in [0.2, 0.25) is 0 Å². The van der Waals surface area contributed by atoms with Crippen LogP contribution in [-0.2, 0) is 0 Å². The van der Waals surface area contributed by atoms with Crippen molar-refractivity contribution < 1.29 is 18.3 Å². The van der Waals surface area contributed by atoms with E-state index in [1.807, 2.05) is 0 Å². The normalized spacial score (nSPS) is 10.1. The first-order valence-electron chi connectivity index (χ1n) is 4.04. The number of rotatable bonds is 4. The van der Waals surface area contributed by atoms with Crippen molar-refractivity contribution in [2.45, 2.75) is 0 Å². The number of amides is 1. The van der Waals surface area contributed by atoms with E-state index >= 15 is 0 Å². The number of benzene rings is 1. The summed E-state index contributed by atoms with van der Waals surface area (Å²) >= 11 is 3.08. The third-order valence-electron chi connectivity index (χ3n) is 1.64. The van der Waals surface area contributed by atoms with Gasteiger partial charge in [0.1, 0.15) is 11.4 Å². The fourth-order valence-corrected chi connectivity index (χ4v) is 1.18. The number of ether oxygens (including phenoxy) is 1. The van der Waals surface area contributed by atoms with Gasteiger partial charge in [-0.05, 0) is 12.1 Å². The topological polar surface area (TPSA) is 52.3 Å². The number of carbonyl (C=O) groups is 1. The van der Waals surface area contributed by atoms with Crippen molar-refractivity contribution in [3.63, 3.8) is 0 Å². The van der Waals surface area contributed by atoms with Gasteiger partial charge in [0.25, 0.3) is 5.91 Å². The quantitative estimate of drug-likeness (QED) is 0.855. The molecule has 1 aromatic rings. The summed E-state index contributed by atoms with van der Waals surface area (Å²) < 4.78 is 31.4. The lowest BCUT2D eigenvalue weighted by atomic mass is 10.2. The number of hydrogen-bond acceptors (Lipinski definition) is 2. The van der Waals surface area contributed by atoms with Crippen molar-refractivity contribution in [3.05, 3.63) is 29.3 Å². The molecule has 1 amide bonds. The molecule has 0 radical (unpaired) electrons. The summed E-state index contributed by atoms with van der Waals surface area (Å²) in [5.41, 5.74) is 4.05. The van der Waals surface area contributed by atoms with Gasteiger partial charge in [-0.1, -0.05) is 15.9 Å². The van der Waals surface area contributed by atoms with Crippen LogP contribution in [0.3, 0.4) is 0 Å². The molecule has 0 saturated carbocycles. The molecular formula is C9H8BrF2NO2. The number of carbonyl (C=O) groups excluding carboxylic acids is 1. The van der Waals surface area contributed by atoms with E-state index < -0.39 is 23.1 Å². The SMILES string of the molecule is NC(=O)c1c(F)ccc(OCCBr)c1F. The summed E-state index contributed by atoms with van der Waals surface area (Å²) in [5.74, 6) is -3.41. The molecule has 0 unspecified atom stereocenters. The average Bonchev–Trinajstić information content (AvgIpc) is 2.16. The highest BCUT2D eigenvalue weighted by Gasteiger charge is 2.18. The molecule has 0 heterocycles. The van der Waals surface area contributed by atoms with Crippen LogP contribution in [0.4, 0.5) is 8.78 Å². The molecule has 0 aliphatic rings. The maximum atomic E-state index is 13.4. The third-order valence-corrected chi connectivity index (χ3v) is 1.96. The Labute approximate surface area is 93.3 Å². The van der Waals surface area contributed by atoms with Crippen LogP contribution in [0.15, 0.2) is 12.1 Å². The Morgan fingerprint density at radius 2 is 2.13 bits per heavy atom. The molecule has 82 valence electrons. The van der Waals surface area contributed by atoms with Crippen LogP contribution in [0.1, 0.15) is 10.4 Å². The van der Waals surface area contributed by atoms with E-state index in [1.54, 1.807) is 0 Å². The van der Waals surface area contributed by atoms with Gasteiger partial charge in [0.2, 0.25) is 0 Å². The van der Waals surface area contributed by atoms with Gasteiger partial charge in [0.05, 0.1) is 6.61 Å². The first-order chi connectivity index (χ1) is 7.07. The molecule has 0 aliphatic carbocycles. The Kier molecular flexibility index (Phi) is 4.02. The molecule has 6 heteroatoms. The highest BCUT2D eigenvalue weighted by Crippen LogP contribution is 2.22. The molecular weight excluding hydrogens is 272 g/mol. The van der Waals surface area contributed by atoms with Crippen molar-refractivity contribution in [1.82, 2.24) is 0 Å². The molecule has 1 rings (SSSR count). The summed E-state index contributed by atoms with van der Waals surface area (Å²) in [5, 5.41) is 0.496. The molecule has 1 aromatic carbocycles. The molecule has 0 saturated heterocycles. The van der Waals surface area contributed by atoms with E-state index in [0.29, 0.717) is 5.33 Å². The average molecular weight is 280 g/mol. The molecule has 0 atom stereocenters. The van der Waals surface area contributed by atoms with Crippen molar-refractivity contribution in [2.75, 3.05) is 11.9 Å². The van der Waals surface area contributed by atoms with Crippen LogP contribution < -0.4 is 10.5 Å². The van der Waals surface area contributed by atoms with Crippen LogP contribution in [-0.4, -0.2) is 17.8 Å². The number of primary amides is 1. The zero-order valence-corrected chi connectivity index (χ0v) is 9.18. The second kappa shape index (κ2) is 5.06. The molecule has 0 aromatic heterocycles. The highest BCUT2D eigenvalue weighted by molar-refractivity contribution is 9.09. The second-order valence-electron chi connectivity index (χ2n) is 2.64. The Balaban J connectivity index is 3.11. The summed E-state index contributed by atoms with van der Waals surface area (Å²) in [6, 6.07) is 2.05. The number of halogens is 3. The molecule has 15 heavy (non-hydrogen) atoms. The minimum absolute atomic E-state index is 0.190. The minimum Gasteiger partial charge on any atom is -0.490 e. The number of alkyl halides is 1. The smallest absolute Gasteiger partial charge is 0.254 e. The summed E-state index contributed by atoms with van der Waals surface area (Å²) in [6.45, 7) is 0.209. The summed E-state index contributed by atoms with van der Waals surface area (Å²) in [7, 11) is 0. The van der Waals surface area contributed by atoms with Gasteiger partial charge >= 0.3 is 0 Å². The van der Waals surface area contributed by atoms with Crippen molar-refractivity contribution in [3.8, 4) is 5.75 Å². The lowest BCUT2D eigenvalue weighted by molar-refractivity contribution is 0.0991. The molecule has 2 N–H and O–H groups in total. The minimum atomic E-state index is -1.16. The first-order valence-corrected chi connectivity index (χ1v) is 5.16. The van der Waals surface area contributed by atoms with Crippen molar-refractivity contribution >= 4 is 21.8 Å². The first kappa shape index (κ1) is 11.9. The standard InChI is InChI=1S/C9H8BrF2NO2/c10-3-4-15-6-2-1-5(11)7(8(6)12)9(13)14/h1-2H,3-4H2,(H2,13,14). The van der Waals surface area contributed by atoms with Crippen molar-refractivity contribution in [1.29, 1.82) is 0 Å². The summed E-state index contributed by atoms with van der Waals surface area (Å²) in [4.78, 5) is 10.7. The van der Waals surface area contributed by atoms with E-state index in [4.69, 9.17) is 10.5 Å². The van der Waals surface area contributed by atoms with Crippen molar-refractivity contribution in [2.24, 2.45) is 5.73 Å². The number of nitrogens with two attached hydrogens (primary N) is 1. The molecule has 0 bridgehead atoms. The predicted octanol–water partition coefficient (Wildman–Crippen LogP) is 1.84. The van der Waals surface area contributed by atoms with Gasteiger partial charge in [0, 0.05) is 5.33 Å². The maximum Gasteiger partial charge on any atom is 0.254 e. The highest BCUT2D eigenvalue weighted by atomic mass is 79.9. The zero-order valence-electron chi connectivity index (χ0n) is 7.60.